The quantitative estimate of drug-likeness (QED) is 0.324. The van der Waals surface area contributed by atoms with E-state index in [4.69, 9.17) is 9.47 Å². The Morgan fingerprint density at radius 2 is 1.84 bits per heavy atom. The first-order valence-corrected chi connectivity index (χ1v) is 9.09. The molecule has 0 aliphatic carbocycles. The molecule has 0 aromatic rings. The van der Waals surface area contributed by atoms with E-state index >= 15 is 0 Å². The van der Waals surface area contributed by atoms with Gasteiger partial charge in [0.15, 0.2) is 5.96 Å². The third-order valence-electron chi connectivity index (χ3n) is 4.81. The Hall–Kier alpha value is -0.120. The van der Waals surface area contributed by atoms with Gasteiger partial charge < -0.3 is 25.0 Å². The fraction of sp³-hybridized carbons (Fsp3) is 0.944. The van der Waals surface area contributed by atoms with Crippen LogP contribution in [0.1, 0.15) is 33.6 Å². The number of likely N-dealkylation sites (tertiary alicyclic amines) is 1. The maximum atomic E-state index is 5.59. The highest BCUT2D eigenvalue weighted by Crippen LogP contribution is 2.21. The highest BCUT2D eigenvalue weighted by Gasteiger charge is 2.24. The zero-order chi connectivity index (χ0) is 18.0. The number of ether oxygens (including phenoxy) is 2. The van der Waals surface area contributed by atoms with Crippen LogP contribution in [0, 0.1) is 11.3 Å². The number of guanidine groups is 1. The molecule has 1 aliphatic heterocycles. The van der Waals surface area contributed by atoms with E-state index in [0.717, 1.165) is 45.3 Å². The lowest BCUT2D eigenvalue weighted by Gasteiger charge is -2.32. The molecule has 1 heterocycles. The minimum Gasteiger partial charge on any atom is -0.383 e. The van der Waals surface area contributed by atoms with Crippen molar-refractivity contribution in [2.45, 2.75) is 39.7 Å². The summed E-state index contributed by atoms with van der Waals surface area (Å²) < 4.78 is 10.7. The van der Waals surface area contributed by atoms with Gasteiger partial charge in [0.05, 0.1) is 12.7 Å². The fourth-order valence-electron chi connectivity index (χ4n) is 3.03. The molecule has 6 nitrogen and oxygen atoms in total. The predicted molar refractivity (Wildman–Crippen MR) is 116 cm³/mol. The fourth-order valence-corrected chi connectivity index (χ4v) is 3.03. The standard InChI is InChI=1S/C18H38N4O2.HI/c1-18(2,3)16(24-6)14-21-17(19-4)20-13-15-7-9-22(10-8-15)11-12-23-5;/h15-16H,7-14H2,1-6H3,(H2,19,20,21);1H. The molecular formula is C18H39IN4O2. The van der Waals surface area contributed by atoms with Crippen LogP contribution in [0.2, 0.25) is 0 Å². The summed E-state index contributed by atoms with van der Waals surface area (Å²) in [7, 11) is 5.36. The van der Waals surface area contributed by atoms with Gasteiger partial charge in [-0.25, -0.2) is 0 Å². The molecule has 0 saturated carbocycles. The molecule has 1 saturated heterocycles. The second-order valence-electron chi connectivity index (χ2n) is 7.70. The van der Waals surface area contributed by atoms with Crippen LogP contribution in [0.4, 0.5) is 0 Å². The molecular weight excluding hydrogens is 431 g/mol. The molecule has 0 aromatic carbocycles. The van der Waals surface area contributed by atoms with Crippen molar-refractivity contribution in [1.29, 1.82) is 0 Å². The summed E-state index contributed by atoms with van der Waals surface area (Å²) in [6, 6.07) is 0. The highest BCUT2D eigenvalue weighted by molar-refractivity contribution is 14.0. The van der Waals surface area contributed by atoms with Crippen molar-refractivity contribution in [1.82, 2.24) is 15.5 Å². The molecule has 0 radical (unpaired) electrons. The Labute approximate surface area is 171 Å². The molecule has 0 bridgehead atoms. The van der Waals surface area contributed by atoms with Gasteiger partial charge >= 0.3 is 0 Å². The molecule has 2 N–H and O–H groups in total. The van der Waals surface area contributed by atoms with E-state index in [1.807, 2.05) is 7.05 Å². The van der Waals surface area contributed by atoms with Crippen molar-refractivity contribution in [2.75, 3.05) is 60.6 Å². The van der Waals surface area contributed by atoms with Gasteiger partial charge in [0.25, 0.3) is 0 Å². The van der Waals surface area contributed by atoms with Crippen LogP contribution in [0.5, 0.6) is 0 Å². The first kappa shape index (κ1) is 24.9. The number of hydrogen-bond acceptors (Lipinski definition) is 4. The van der Waals surface area contributed by atoms with Crippen molar-refractivity contribution in [3.05, 3.63) is 0 Å². The van der Waals surface area contributed by atoms with Crippen molar-refractivity contribution in [2.24, 2.45) is 16.3 Å². The number of piperidine rings is 1. The van der Waals surface area contributed by atoms with Crippen LogP contribution in [0.25, 0.3) is 0 Å². The second kappa shape index (κ2) is 13.1. The van der Waals surface area contributed by atoms with Gasteiger partial charge in [0.1, 0.15) is 0 Å². The van der Waals surface area contributed by atoms with Crippen LogP contribution in [-0.2, 0) is 9.47 Å². The minimum atomic E-state index is 0. The van der Waals surface area contributed by atoms with E-state index in [0.29, 0.717) is 5.92 Å². The van der Waals surface area contributed by atoms with Crippen molar-refractivity contribution < 1.29 is 9.47 Å². The Balaban J connectivity index is 0.00000576. The summed E-state index contributed by atoms with van der Waals surface area (Å²) in [5, 5.41) is 6.86. The lowest BCUT2D eigenvalue weighted by atomic mass is 9.89. The van der Waals surface area contributed by atoms with Crippen molar-refractivity contribution in [3.8, 4) is 0 Å². The van der Waals surface area contributed by atoms with Crippen LogP contribution >= 0.6 is 24.0 Å². The van der Waals surface area contributed by atoms with Crippen molar-refractivity contribution >= 4 is 29.9 Å². The zero-order valence-corrected chi connectivity index (χ0v) is 19.3. The molecule has 1 unspecified atom stereocenters. The van der Waals surface area contributed by atoms with E-state index in [1.165, 1.54) is 12.8 Å². The van der Waals surface area contributed by atoms with Crippen LogP contribution in [0.15, 0.2) is 4.99 Å². The molecule has 1 fully saturated rings. The van der Waals surface area contributed by atoms with Crippen LogP contribution in [0.3, 0.4) is 0 Å². The van der Waals surface area contributed by atoms with Gasteiger partial charge in [-0.1, -0.05) is 20.8 Å². The largest absolute Gasteiger partial charge is 0.383 e. The Bertz CT molecular complexity index is 367. The molecule has 0 aromatic heterocycles. The smallest absolute Gasteiger partial charge is 0.191 e. The average molecular weight is 470 g/mol. The number of hydrogen-bond donors (Lipinski definition) is 2. The van der Waals surface area contributed by atoms with E-state index in [2.05, 4.69) is 41.3 Å². The third-order valence-corrected chi connectivity index (χ3v) is 4.81. The van der Waals surface area contributed by atoms with Crippen LogP contribution in [-0.4, -0.2) is 77.6 Å². The molecule has 0 amide bonds. The summed E-state index contributed by atoms with van der Waals surface area (Å²) in [6.07, 6.45) is 2.62. The van der Waals surface area contributed by atoms with E-state index in [9.17, 15) is 0 Å². The Morgan fingerprint density at radius 3 is 2.32 bits per heavy atom. The summed E-state index contributed by atoms with van der Waals surface area (Å²) >= 11 is 0. The van der Waals surface area contributed by atoms with Gasteiger partial charge in [-0.05, 0) is 37.3 Å². The Kier molecular flexibility index (Phi) is 13.0. The summed E-state index contributed by atoms with van der Waals surface area (Å²) in [6.45, 7) is 12.5. The topological polar surface area (TPSA) is 58.1 Å². The molecule has 7 heteroatoms. The predicted octanol–water partition coefficient (Wildman–Crippen LogP) is 2.19. The first-order chi connectivity index (χ1) is 11.4. The normalized spacial score (nSPS) is 18.6. The molecule has 150 valence electrons. The van der Waals surface area contributed by atoms with Gasteiger partial charge in [-0.15, -0.1) is 24.0 Å². The molecule has 0 spiro atoms. The molecule has 25 heavy (non-hydrogen) atoms. The number of aliphatic imine (C=N–C) groups is 1. The second-order valence-corrected chi connectivity index (χ2v) is 7.70. The number of halogens is 1. The van der Waals surface area contributed by atoms with Crippen LogP contribution < -0.4 is 10.6 Å². The average Bonchev–Trinajstić information content (AvgIpc) is 2.56. The van der Waals surface area contributed by atoms with Gasteiger partial charge in [0, 0.05) is 40.9 Å². The maximum absolute atomic E-state index is 5.59. The van der Waals surface area contributed by atoms with Crippen molar-refractivity contribution in [3.63, 3.8) is 0 Å². The number of nitrogens with zero attached hydrogens (tertiary/aromatic N) is 2. The number of nitrogens with one attached hydrogen (secondary N) is 2. The Morgan fingerprint density at radius 1 is 1.20 bits per heavy atom. The van der Waals surface area contributed by atoms with Gasteiger partial charge in [0.2, 0.25) is 0 Å². The summed E-state index contributed by atoms with van der Waals surface area (Å²) in [5.41, 5.74) is 0.107. The summed E-state index contributed by atoms with van der Waals surface area (Å²) in [5.74, 6) is 1.58. The van der Waals surface area contributed by atoms with E-state index in [-0.39, 0.29) is 35.5 Å². The SMILES string of the molecule is CN=C(NCC1CCN(CCOC)CC1)NCC(OC)C(C)(C)C.I. The first-order valence-electron chi connectivity index (χ1n) is 9.09. The minimum absolute atomic E-state index is 0. The monoisotopic (exact) mass is 470 g/mol. The van der Waals surface area contributed by atoms with E-state index < -0.39 is 0 Å². The highest BCUT2D eigenvalue weighted by atomic mass is 127. The van der Waals surface area contributed by atoms with E-state index in [1.54, 1.807) is 14.2 Å². The molecule has 1 atom stereocenters. The lowest BCUT2D eigenvalue weighted by molar-refractivity contribution is 0.0205. The maximum Gasteiger partial charge on any atom is 0.191 e. The summed E-state index contributed by atoms with van der Waals surface area (Å²) in [4.78, 5) is 6.81. The zero-order valence-electron chi connectivity index (χ0n) is 16.9. The molecule has 1 aliphatic rings. The lowest BCUT2D eigenvalue weighted by Crippen LogP contribution is -2.47. The number of methoxy groups -OCH3 is 2. The molecule has 1 rings (SSSR count). The van der Waals surface area contributed by atoms with Gasteiger partial charge in [-0.2, -0.15) is 0 Å². The van der Waals surface area contributed by atoms with Gasteiger partial charge in [-0.3, -0.25) is 4.99 Å². The number of rotatable bonds is 8. The third kappa shape index (κ3) is 9.96.